The van der Waals surface area contributed by atoms with Crippen LogP contribution in [0.25, 0.3) is 100 Å². The molecule has 0 saturated carbocycles. The fourth-order valence-corrected chi connectivity index (χ4v) is 8.96. The number of hydrogen-bond acceptors (Lipinski definition) is 4. The lowest BCUT2D eigenvalue weighted by molar-refractivity contribution is 0.660. The van der Waals surface area contributed by atoms with E-state index in [1.165, 1.54) is 33.4 Å². The zero-order valence-corrected chi connectivity index (χ0v) is 32.8. The molecule has 4 nitrogen and oxygen atoms in total. The lowest BCUT2D eigenvalue weighted by Gasteiger charge is -2.23. The van der Waals surface area contributed by atoms with E-state index in [4.69, 9.17) is 19.9 Å². The predicted molar refractivity (Wildman–Crippen MR) is 243 cm³/mol. The second kappa shape index (κ2) is 13.8. The summed E-state index contributed by atoms with van der Waals surface area (Å²) in [5.74, 6) is 1.44. The van der Waals surface area contributed by atoms with E-state index in [1.54, 1.807) is 0 Å². The van der Waals surface area contributed by atoms with Gasteiger partial charge in [-0.3, -0.25) is 0 Å². The molecule has 0 atom stereocenters. The summed E-state index contributed by atoms with van der Waals surface area (Å²) >= 11 is 0. The molecule has 0 fully saturated rings. The SMILES string of the molecule is CC1(C)c2ccccc2-c2c1ccc(-c1ccc(-c3nc(-c4ccccc4)nc4ccccc34)cc1)c2-c1ccc(-c2nc(-c3ccccc3)nc3ccccc23)cc1. The summed E-state index contributed by atoms with van der Waals surface area (Å²) in [5, 5.41) is 2.06. The van der Waals surface area contributed by atoms with E-state index < -0.39 is 0 Å². The quantitative estimate of drug-likeness (QED) is 0.170. The highest BCUT2D eigenvalue weighted by atomic mass is 14.9. The molecule has 0 unspecified atom stereocenters. The first-order valence-corrected chi connectivity index (χ1v) is 20.1. The van der Waals surface area contributed by atoms with Gasteiger partial charge in [0.2, 0.25) is 0 Å². The van der Waals surface area contributed by atoms with Gasteiger partial charge in [-0.2, -0.15) is 0 Å². The summed E-state index contributed by atoms with van der Waals surface area (Å²) in [6.45, 7) is 4.69. The molecule has 10 aromatic rings. The van der Waals surface area contributed by atoms with Crippen LogP contribution < -0.4 is 0 Å². The Morgan fingerprint density at radius 1 is 0.305 bits per heavy atom. The molecule has 1 aliphatic rings. The van der Waals surface area contributed by atoms with Crippen molar-refractivity contribution in [3.63, 3.8) is 0 Å². The third-order valence-electron chi connectivity index (χ3n) is 11.9. The molecule has 0 spiro atoms. The molecule has 1 aliphatic carbocycles. The standard InChI is InChI=1S/C55H38N4/c1-55(2)45-22-12-9-19-42(45)50-46(55)34-33-41(35-25-29-37(30-26-35)51-43-20-10-13-23-47(43)56-53(58-51)39-15-5-3-6-16-39)49(50)36-27-31-38(32-28-36)52-44-21-11-14-24-48(44)57-54(59-52)40-17-7-4-8-18-40/h3-34H,1-2H3. The Morgan fingerprint density at radius 3 is 1.32 bits per heavy atom. The first-order chi connectivity index (χ1) is 29.0. The minimum absolute atomic E-state index is 0.138. The van der Waals surface area contributed by atoms with Gasteiger partial charge >= 0.3 is 0 Å². The van der Waals surface area contributed by atoms with Crippen molar-refractivity contribution >= 4 is 21.8 Å². The molecule has 0 radical (unpaired) electrons. The third kappa shape index (κ3) is 5.83. The van der Waals surface area contributed by atoms with Crippen LogP contribution in [-0.4, -0.2) is 19.9 Å². The molecule has 0 saturated heterocycles. The average Bonchev–Trinajstić information content (AvgIpc) is 3.54. The maximum atomic E-state index is 5.17. The van der Waals surface area contributed by atoms with E-state index in [9.17, 15) is 0 Å². The van der Waals surface area contributed by atoms with Crippen LogP contribution in [-0.2, 0) is 5.41 Å². The lowest BCUT2D eigenvalue weighted by atomic mass is 9.80. The van der Waals surface area contributed by atoms with Gasteiger partial charge in [-0.1, -0.05) is 196 Å². The van der Waals surface area contributed by atoms with Gasteiger partial charge in [0.1, 0.15) is 0 Å². The van der Waals surface area contributed by atoms with Gasteiger partial charge in [0.05, 0.1) is 22.4 Å². The zero-order chi connectivity index (χ0) is 39.5. The average molecular weight is 755 g/mol. The van der Waals surface area contributed by atoms with Crippen molar-refractivity contribution in [1.82, 2.24) is 19.9 Å². The van der Waals surface area contributed by atoms with Crippen LogP contribution in [0, 0.1) is 0 Å². The van der Waals surface area contributed by atoms with Crippen molar-refractivity contribution in [3.8, 4) is 78.7 Å². The minimum Gasteiger partial charge on any atom is -0.228 e. The van der Waals surface area contributed by atoms with Crippen LogP contribution in [0.1, 0.15) is 25.0 Å². The van der Waals surface area contributed by atoms with Gasteiger partial charge in [-0.15, -0.1) is 0 Å². The van der Waals surface area contributed by atoms with Gasteiger partial charge in [0.15, 0.2) is 11.6 Å². The van der Waals surface area contributed by atoms with Crippen molar-refractivity contribution in [1.29, 1.82) is 0 Å². The Labute approximate surface area is 343 Å². The molecule has 8 aromatic carbocycles. The summed E-state index contributed by atoms with van der Waals surface area (Å²) in [6, 6.07) is 68.5. The summed E-state index contributed by atoms with van der Waals surface area (Å²) < 4.78 is 0. The van der Waals surface area contributed by atoms with E-state index >= 15 is 0 Å². The number of nitrogens with zero attached hydrogens (tertiary/aromatic N) is 4. The Kier molecular flexibility index (Phi) is 8.12. The summed E-state index contributed by atoms with van der Waals surface area (Å²) in [4.78, 5) is 20.2. The highest BCUT2D eigenvalue weighted by molar-refractivity contribution is 6.01. The number of benzene rings is 8. The van der Waals surface area contributed by atoms with E-state index in [-0.39, 0.29) is 5.41 Å². The molecule has 278 valence electrons. The summed E-state index contributed by atoms with van der Waals surface area (Å²) in [6.07, 6.45) is 0. The van der Waals surface area contributed by atoms with E-state index in [0.29, 0.717) is 0 Å². The third-order valence-corrected chi connectivity index (χ3v) is 11.9. The topological polar surface area (TPSA) is 51.6 Å². The molecule has 0 N–H and O–H groups in total. The van der Waals surface area contributed by atoms with Gasteiger partial charge in [0.25, 0.3) is 0 Å². The molecule has 0 amide bonds. The number of fused-ring (bicyclic) bond motifs is 5. The Morgan fingerprint density at radius 2 is 0.763 bits per heavy atom. The highest BCUT2D eigenvalue weighted by Gasteiger charge is 2.37. The van der Waals surface area contributed by atoms with Crippen LogP contribution in [0.5, 0.6) is 0 Å². The van der Waals surface area contributed by atoms with Gasteiger partial charge in [-0.05, 0) is 56.6 Å². The molecule has 59 heavy (non-hydrogen) atoms. The molecule has 11 rings (SSSR count). The van der Waals surface area contributed by atoms with E-state index in [2.05, 4.69) is 159 Å². The van der Waals surface area contributed by atoms with E-state index in [1.807, 2.05) is 48.5 Å². The second-order valence-electron chi connectivity index (χ2n) is 15.8. The number of hydrogen-bond donors (Lipinski definition) is 0. The fraction of sp³-hybridized carbons (Fsp3) is 0.0545. The van der Waals surface area contributed by atoms with Gasteiger partial charge in [0, 0.05) is 38.4 Å². The van der Waals surface area contributed by atoms with Crippen molar-refractivity contribution < 1.29 is 0 Å². The molecule has 0 aliphatic heterocycles. The molecular weight excluding hydrogens is 717 g/mol. The first kappa shape index (κ1) is 34.7. The predicted octanol–water partition coefficient (Wildman–Crippen LogP) is 13.9. The van der Waals surface area contributed by atoms with Gasteiger partial charge < -0.3 is 0 Å². The second-order valence-corrected chi connectivity index (χ2v) is 15.8. The zero-order valence-electron chi connectivity index (χ0n) is 32.8. The van der Waals surface area contributed by atoms with Crippen LogP contribution in [0.15, 0.2) is 194 Å². The van der Waals surface area contributed by atoms with Crippen LogP contribution >= 0.6 is 0 Å². The van der Waals surface area contributed by atoms with Crippen LogP contribution in [0.3, 0.4) is 0 Å². The maximum absolute atomic E-state index is 5.17. The fourth-order valence-electron chi connectivity index (χ4n) is 8.96. The van der Waals surface area contributed by atoms with Crippen molar-refractivity contribution in [2.24, 2.45) is 0 Å². The normalized spacial score (nSPS) is 12.7. The van der Waals surface area contributed by atoms with Crippen molar-refractivity contribution in [3.05, 3.63) is 205 Å². The number of aromatic nitrogens is 4. The lowest BCUT2D eigenvalue weighted by Crippen LogP contribution is -2.14. The van der Waals surface area contributed by atoms with E-state index in [0.717, 1.165) is 78.2 Å². The first-order valence-electron chi connectivity index (χ1n) is 20.1. The largest absolute Gasteiger partial charge is 0.228 e. The molecular formula is C55H38N4. The summed E-state index contributed by atoms with van der Waals surface area (Å²) in [5.41, 5.74) is 17.7. The summed E-state index contributed by atoms with van der Waals surface area (Å²) in [7, 11) is 0. The molecule has 0 bridgehead atoms. The highest BCUT2D eigenvalue weighted by Crippen LogP contribution is 2.54. The van der Waals surface area contributed by atoms with Crippen molar-refractivity contribution in [2.75, 3.05) is 0 Å². The van der Waals surface area contributed by atoms with Crippen molar-refractivity contribution in [2.45, 2.75) is 19.3 Å². The Bertz CT molecular complexity index is 3210. The number of rotatable bonds is 6. The van der Waals surface area contributed by atoms with Crippen LogP contribution in [0.4, 0.5) is 0 Å². The maximum Gasteiger partial charge on any atom is 0.160 e. The monoisotopic (exact) mass is 754 g/mol. The smallest absolute Gasteiger partial charge is 0.160 e. The Hall–Kier alpha value is -7.56. The Balaban J connectivity index is 1.06. The number of para-hydroxylation sites is 2. The molecule has 4 heteroatoms. The molecule has 2 heterocycles. The molecule has 2 aromatic heterocycles. The van der Waals surface area contributed by atoms with Gasteiger partial charge in [-0.25, -0.2) is 19.9 Å². The minimum atomic E-state index is -0.138. The van der Waals surface area contributed by atoms with Crippen LogP contribution in [0.2, 0.25) is 0 Å².